The minimum absolute atomic E-state index is 0.151. The molecule has 23 heavy (non-hydrogen) atoms. The van der Waals surface area contributed by atoms with E-state index in [1.807, 2.05) is 0 Å². The first-order valence-electron chi connectivity index (χ1n) is 7.53. The van der Waals surface area contributed by atoms with E-state index in [1.165, 1.54) is 24.3 Å². The SMILES string of the molecule is CCN(CC)CCCNC(=O)C(=O)Nc1cccc([N+](=O)[O-])c1. The van der Waals surface area contributed by atoms with Crippen molar-refractivity contribution in [1.82, 2.24) is 10.2 Å². The number of rotatable bonds is 8. The van der Waals surface area contributed by atoms with Crippen molar-refractivity contribution in [3.63, 3.8) is 0 Å². The van der Waals surface area contributed by atoms with Crippen LogP contribution in [0.15, 0.2) is 24.3 Å². The summed E-state index contributed by atoms with van der Waals surface area (Å²) < 4.78 is 0. The molecule has 1 aromatic rings. The Morgan fingerprint density at radius 2 is 1.91 bits per heavy atom. The molecule has 0 aliphatic rings. The molecule has 8 nitrogen and oxygen atoms in total. The fourth-order valence-electron chi connectivity index (χ4n) is 2.01. The molecule has 0 unspecified atom stereocenters. The van der Waals surface area contributed by atoms with Crippen molar-refractivity contribution in [3.8, 4) is 0 Å². The first-order chi connectivity index (χ1) is 11.0. The molecule has 0 heterocycles. The van der Waals surface area contributed by atoms with Crippen LogP contribution >= 0.6 is 0 Å². The average Bonchev–Trinajstić information content (AvgIpc) is 2.55. The number of nitro groups is 1. The van der Waals surface area contributed by atoms with E-state index < -0.39 is 16.7 Å². The molecule has 2 amide bonds. The Morgan fingerprint density at radius 1 is 1.22 bits per heavy atom. The Kier molecular flexibility index (Phi) is 7.69. The lowest BCUT2D eigenvalue weighted by Gasteiger charge is -2.17. The van der Waals surface area contributed by atoms with Gasteiger partial charge in [-0.25, -0.2) is 0 Å². The van der Waals surface area contributed by atoms with Crippen LogP contribution in [0.1, 0.15) is 20.3 Å². The van der Waals surface area contributed by atoms with Crippen LogP contribution in [0.3, 0.4) is 0 Å². The van der Waals surface area contributed by atoms with Gasteiger partial charge in [-0.05, 0) is 32.1 Å². The zero-order chi connectivity index (χ0) is 17.2. The van der Waals surface area contributed by atoms with Gasteiger partial charge in [-0.3, -0.25) is 19.7 Å². The van der Waals surface area contributed by atoms with Crippen LogP contribution in [0.25, 0.3) is 0 Å². The molecule has 2 N–H and O–H groups in total. The van der Waals surface area contributed by atoms with Crippen LogP contribution < -0.4 is 10.6 Å². The van der Waals surface area contributed by atoms with Gasteiger partial charge >= 0.3 is 11.8 Å². The minimum Gasteiger partial charge on any atom is -0.348 e. The third-order valence-corrected chi connectivity index (χ3v) is 3.35. The lowest BCUT2D eigenvalue weighted by molar-refractivity contribution is -0.384. The van der Waals surface area contributed by atoms with E-state index in [1.54, 1.807) is 0 Å². The number of benzene rings is 1. The number of amides is 2. The molecule has 0 aliphatic carbocycles. The molecule has 0 aromatic heterocycles. The van der Waals surface area contributed by atoms with Gasteiger partial charge in [0.1, 0.15) is 0 Å². The fourth-order valence-corrected chi connectivity index (χ4v) is 2.01. The molecule has 0 bridgehead atoms. The summed E-state index contributed by atoms with van der Waals surface area (Å²) in [6, 6.07) is 5.43. The van der Waals surface area contributed by atoms with Crippen LogP contribution in [0.2, 0.25) is 0 Å². The number of hydrogen-bond donors (Lipinski definition) is 2. The molecule has 0 radical (unpaired) electrons. The summed E-state index contributed by atoms with van der Waals surface area (Å²) in [5.74, 6) is -1.59. The highest BCUT2D eigenvalue weighted by molar-refractivity contribution is 6.39. The summed E-state index contributed by atoms with van der Waals surface area (Å²) in [4.78, 5) is 35.7. The average molecular weight is 322 g/mol. The summed E-state index contributed by atoms with van der Waals surface area (Å²) in [7, 11) is 0. The van der Waals surface area contributed by atoms with Crippen molar-refractivity contribution in [3.05, 3.63) is 34.4 Å². The molecular formula is C15H22N4O4. The molecule has 0 saturated heterocycles. The maximum absolute atomic E-state index is 11.7. The third kappa shape index (κ3) is 6.43. The molecule has 8 heteroatoms. The first-order valence-corrected chi connectivity index (χ1v) is 7.53. The van der Waals surface area contributed by atoms with Gasteiger partial charge in [-0.1, -0.05) is 19.9 Å². The molecule has 0 aliphatic heterocycles. The van der Waals surface area contributed by atoms with E-state index in [9.17, 15) is 19.7 Å². The summed E-state index contributed by atoms with van der Waals surface area (Å²) >= 11 is 0. The zero-order valence-electron chi connectivity index (χ0n) is 13.4. The van der Waals surface area contributed by atoms with Crippen LogP contribution in [-0.2, 0) is 9.59 Å². The number of carbonyl (C=O) groups excluding carboxylic acids is 2. The Labute approximate surface area is 135 Å². The minimum atomic E-state index is -0.840. The Bertz CT molecular complexity index is 558. The summed E-state index contributed by atoms with van der Waals surface area (Å²) in [5, 5.41) is 15.5. The fraction of sp³-hybridized carbons (Fsp3) is 0.467. The summed E-state index contributed by atoms with van der Waals surface area (Å²) in [5.41, 5.74) is 0.0601. The highest BCUT2D eigenvalue weighted by Gasteiger charge is 2.14. The summed E-state index contributed by atoms with van der Waals surface area (Å²) in [6.07, 6.45) is 0.748. The molecule has 0 fully saturated rings. The van der Waals surface area contributed by atoms with Crippen LogP contribution in [0, 0.1) is 10.1 Å². The molecule has 0 atom stereocenters. The highest BCUT2D eigenvalue weighted by Crippen LogP contribution is 2.16. The molecule has 0 spiro atoms. The van der Waals surface area contributed by atoms with Crippen LogP contribution in [0.4, 0.5) is 11.4 Å². The van der Waals surface area contributed by atoms with Crippen molar-refractivity contribution < 1.29 is 14.5 Å². The Hall–Kier alpha value is -2.48. The van der Waals surface area contributed by atoms with Crippen molar-refractivity contribution >= 4 is 23.2 Å². The second kappa shape index (κ2) is 9.52. The van der Waals surface area contributed by atoms with E-state index in [-0.39, 0.29) is 11.4 Å². The van der Waals surface area contributed by atoms with E-state index in [0.29, 0.717) is 6.54 Å². The Morgan fingerprint density at radius 3 is 2.52 bits per heavy atom. The van der Waals surface area contributed by atoms with Crippen LogP contribution in [0.5, 0.6) is 0 Å². The highest BCUT2D eigenvalue weighted by atomic mass is 16.6. The van der Waals surface area contributed by atoms with Crippen molar-refractivity contribution in [2.45, 2.75) is 20.3 Å². The first kappa shape index (κ1) is 18.6. The van der Waals surface area contributed by atoms with E-state index in [0.717, 1.165) is 26.1 Å². The van der Waals surface area contributed by atoms with Gasteiger partial charge < -0.3 is 15.5 Å². The van der Waals surface area contributed by atoms with Gasteiger partial charge in [0.25, 0.3) is 5.69 Å². The molecular weight excluding hydrogens is 300 g/mol. The lowest BCUT2D eigenvalue weighted by atomic mass is 10.3. The number of anilines is 1. The number of nitro benzene ring substituents is 1. The summed E-state index contributed by atoms with van der Waals surface area (Å²) in [6.45, 7) is 7.26. The normalized spacial score (nSPS) is 10.4. The van der Waals surface area contributed by atoms with E-state index in [4.69, 9.17) is 0 Å². The van der Waals surface area contributed by atoms with Gasteiger partial charge in [-0.2, -0.15) is 0 Å². The van der Waals surface area contributed by atoms with Gasteiger partial charge in [0.15, 0.2) is 0 Å². The topological polar surface area (TPSA) is 105 Å². The largest absolute Gasteiger partial charge is 0.348 e. The number of hydrogen-bond acceptors (Lipinski definition) is 5. The molecule has 0 saturated carbocycles. The number of nitrogens with zero attached hydrogens (tertiary/aromatic N) is 2. The molecule has 1 aromatic carbocycles. The van der Waals surface area contributed by atoms with Gasteiger partial charge in [0.2, 0.25) is 0 Å². The maximum atomic E-state index is 11.7. The Balaban J connectivity index is 2.41. The van der Waals surface area contributed by atoms with E-state index in [2.05, 4.69) is 29.4 Å². The van der Waals surface area contributed by atoms with Gasteiger partial charge in [0, 0.05) is 24.4 Å². The smallest absolute Gasteiger partial charge is 0.313 e. The van der Waals surface area contributed by atoms with Gasteiger partial charge in [-0.15, -0.1) is 0 Å². The van der Waals surface area contributed by atoms with Crippen molar-refractivity contribution in [2.75, 3.05) is 31.5 Å². The quantitative estimate of drug-likeness (QED) is 0.326. The second-order valence-electron chi connectivity index (χ2n) is 4.90. The van der Waals surface area contributed by atoms with Crippen molar-refractivity contribution in [2.24, 2.45) is 0 Å². The monoisotopic (exact) mass is 322 g/mol. The lowest BCUT2D eigenvalue weighted by Crippen LogP contribution is -2.37. The third-order valence-electron chi connectivity index (χ3n) is 3.35. The van der Waals surface area contributed by atoms with Gasteiger partial charge in [0.05, 0.1) is 4.92 Å². The van der Waals surface area contributed by atoms with Crippen molar-refractivity contribution in [1.29, 1.82) is 0 Å². The maximum Gasteiger partial charge on any atom is 0.313 e. The van der Waals surface area contributed by atoms with Crippen LogP contribution in [-0.4, -0.2) is 47.8 Å². The predicted octanol–water partition coefficient (Wildman–Crippen LogP) is 1.38. The predicted molar refractivity (Wildman–Crippen MR) is 87.1 cm³/mol. The number of nitrogens with one attached hydrogen (secondary N) is 2. The number of non-ortho nitro benzene ring substituents is 1. The standard InChI is InChI=1S/C15H22N4O4/c1-3-18(4-2)10-6-9-16-14(20)15(21)17-12-7-5-8-13(11-12)19(22)23/h5,7-8,11H,3-4,6,9-10H2,1-2H3,(H,16,20)(H,17,21). The zero-order valence-corrected chi connectivity index (χ0v) is 13.4. The second-order valence-corrected chi connectivity index (χ2v) is 4.90. The molecule has 126 valence electrons. The van der Waals surface area contributed by atoms with E-state index >= 15 is 0 Å². The molecule has 1 rings (SSSR count). The number of carbonyl (C=O) groups is 2.